The van der Waals surface area contributed by atoms with Crippen molar-refractivity contribution in [2.45, 2.75) is 44.9 Å². The standard InChI is InChI=1S/C37H38N2O4S/c1-37(2,3)31-16-12-26(13-17-31)30(22-25-8-10-28(11-9-25)36(41)38-20-21-42-44)24-35(40)39-32-18-14-27(15-19-32)34-23-29-6-4-5-7-33(29)43-34/h4-19,23,30,44H,20-22,24H2,1-3H3,(H,38,41)(H,39,40). The van der Waals surface area contributed by atoms with E-state index in [1.54, 1.807) is 0 Å². The summed E-state index contributed by atoms with van der Waals surface area (Å²) in [6.45, 7) is 7.28. The zero-order valence-electron chi connectivity index (χ0n) is 25.3. The minimum atomic E-state index is -0.165. The maximum atomic E-state index is 13.4. The number of rotatable bonds is 11. The summed E-state index contributed by atoms with van der Waals surface area (Å²) >= 11 is 3.70. The van der Waals surface area contributed by atoms with Crippen LogP contribution in [0, 0.1) is 0 Å². The SMILES string of the molecule is CC(C)(C)c1ccc(C(CC(=O)Nc2ccc(-c3cc4ccccc4o3)cc2)Cc2ccc(C(=O)NCCOS)cc2)cc1. The molecule has 226 valence electrons. The number of amides is 2. The number of hydrogen-bond donors (Lipinski definition) is 3. The fraction of sp³-hybridized carbons (Fsp3) is 0.243. The van der Waals surface area contributed by atoms with E-state index in [4.69, 9.17) is 8.60 Å². The Labute approximate surface area is 264 Å². The second-order valence-electron chi connectivity index (χ2n) is 12.0. The molecule has 44 heavy (non-hydrogen) atoms. The van der Waals surface area contributed by atoms with Crippen LogP contribution in [0.2, 0.25) is 0 Å². The monoisotopic (exact) mass is 606 g/mol. The first-order valence-electron chi connectivity index (χ1n) is 14.8. The van der Waals surface area contributed by atoms with Crippen molar-refractivity contribution in [1.29, 1.82) is 0 Å². The molecule has 0 aliphatic heterocycles. The largest absolute Gasteiger partial charge is 0.456 e. The number of carbonyl (C=O) groups excluding carboxylic acids is 2. The Kier molecular flexibility index (Phi) is 9.88. The van der Waals surface area contributed by atoms with Gasteiger partial charge < -0.3 is 19.2 Å². The minimum absolute atomic E-state index is 0.0370. The maximum absolute atomic E-state index is 13.4. The summed E-state index contributed by atoms with van der Waals surface area (Å²) in [5.41, 5.74) is 6.53. The highest BCUT2D eigenvalue weighted by Gasteiger charge is 2.20. The van der Waals surface area contributed by atoms with E-state index in [-0.39, 0.29) is 23.1 Å². The van der Waals surface area contributed by atoms with Crippen molar-refractivity contribution in [1.82, 2.24) is 5.32 Å². The van der Waals surface area contributed by atoms with Crippen molar-refractivity contribution >= 4 is 41.4 Å². The zero-order chi connectivity index (χ0) is 31.1. The molecule has 2 amide bonds. The molecular weight excluding hydrogens is 568 g/mol. The molecule has 0 saturated carbocycles. The molecule has 7 heteroatoms. The van der Waals surface area contributed by atoms with Crippen LogP contribution < -0.4 is 10.6 Å². The van der Waals surface area contributed by atoms with Crippen LogP contribution in [0.25, 0.3) is 22.3 Å². The minimum Gasteiger partial charge on any atom is -0.456 e. The van der Waals surface area contributed by atoms with E-state index < -0.39 is 0 Å². The van der Waals surface area contributed by atoms with E-state index >= 15 is 0 Å². The van der Waals surface area contributed by atoms with Gasteiger partial charge in [-0.05, 0) is 95.9 Å². The lowest BCUT2D eigenvalue weighted by molar-refractivity contribution is -0.116. The lowest BCUT2D eigenvalue weighted by Gasteiger charge is -2.22. The van der Waals surface area contributed by atoms with Crippen molar-refractivity contribution < 1.29 is 18.2 Å². The lowest BCUT2D eigenvalue weighted by atomic mass is 9.83. The third kappa shape index (κ3) is 7.98. The summed E-state index contributed by atoms with van der Waals surface area (Å²) in [7, 11) is 0. The van der Waals surface area contributed by atoms with Gasteiger partial charge in [-0.3, -0.25) is 9.59 Å². The zero-order valence-corrected chi connectivity index (χ0v) is 26.2. The fourth-order valence-electron chi connectivity index (χ4n) is 5.23. The molecule has 0 spiro atoms. The Balaban J connectivity index is 1.29. The molecule has 5 aromatic rings. The topological polar surface area (TPSA) is 80.6 Å². The molecular formula is C37H38N2O4S. The predicted octanol–water partition coefficient (Wildman–Crippen LogP) is 8.34. The van der Waals surface area contributed by atoms with Gasteiger partial charge in [0.1, 0.15) is 11.3 Å². The highest BCUT2D eigenvalue weighted by Crippen LogP contribution is 2.31. The molecule has 0 saturated heterocycles. The van der Waals surface area contributed by atoms with Crippen molar-refractivity contribution in [3.63, 3.8) is 0 Å². The molecule has 1 heterocycles. The van der Waals surface area contributed by atoms with E-state index in [9.17, 15) is 9.59 Å². The quantitative estimate of drug-likeness (QED) is 0.0802. The number of para-hydroxylation sites is 1. The van der Waals surface area contributed by atoms with Gasteiger partial charge in [0.15, 0.2) is 0 Å². The summed E-state index contributed by atoms with van der Waals surface area (Å²) < 4.78 is 10.7. The average molecular weight is 607 g/mol. The first kappa shape index (κ1) is 31.1. The second kappa shape index (κ2) is 14.0. The van der Waals surface area contributed by atoms with Gasteiger partial charge in [0.25, 0.3) is 5.91 Å². The summed E-state index contributed by atoms with van der Waals surface area (Å²) in [6, 6.07) is 33.8. The number of hydrogen-bond acceptors (Lipinski definition) is 5. The Morgan fingerprint density at radius 2 is 1.59 bits per heavy atom. The summed E-state index contributed by atoms with van der Waals surface area (Å²) in [5, 5.41) is 6.93. The second-order valence-corrected chi connectivity index (χ2v) is 12.3. The van der Waals surface area contributed by atoms with Gasteiger partial charge in [0, 0.05) is 35.2 Å². The van der Waals surface area contributed by atoms with E-state index in [1.807, 2.05) is 78.9 Å². The van der Waals surface area contributed by atoms with Crippen LogP contribution in [0.1, 0.15) is 60.2 Å². The van der Waals surface area contributed by atoms with Crippen LogP contribution in [-0.4, -0.2) is 25.0 Å². The van der Waals surface area contributed by atoms with Crippen LogP contribution in [-0.2, 0) is 20.8 Å². The molecule has 0 bridgehead atoms. The number of thiol groups is 1. The molecule has 0 aliphatic rings. The van der Waals surface area contributed by atoms with Gasteiger partial charge in [-0.15, -0.1) is 0 Å². The first-order chi connectivity index (χ1) is 21.2. The van der Waals surface area contributed by atoms with Crippen molar-refractivity contribution in [3.8, 4) is 11.3 Å². The first-order valence-corrected chi connectivity index (χ1v) is 15.2. The molecule has 4 aromatic carbocycles. The Morgan fingerprint density at radius 3 is 2.25 bits per heavy atom. The van der Waals surface area contributed by atoms with Crippen molar-refractivity contribution in [2.24, 2.45) is 0 Å². The van der Waals surface area contributed by atoms with Crippen molar-refractivity contribution in [3.05, 3.63) is 125 Å². The smallest absolute Gasteiger partial charge is 0.251 e. The Morgan fingerprint density at radius 1 is 0.886 bits per heavy atom. The number of fused-ring (bicyclic) bond motifs is 1. The predicted molar refractivity (Wildman–Crippen MR) is 180 cm³/mol. The normalized spacial score (nSPS) is 12.2. The molecule has 0 radical (unpaired) electrons. The van der Waals surface area contributed by atoms with E-state index in [1.165, 1.54) is 5.56 Å². The van der Waals surface area contributed by atoms with Gasteiger partial charge in [-0.2, -0.15) is 0 Å². The summed E-state index contributed by atoms with van der Waals surface area (Å²) in [5.74, 6) is 0.514. The Hall–Kier alpha value is -4.33. The number of nitrogens with one attached hydrogen (secondary N) is 2. The third-order valence-corrected chi connectivity index (χ3v) is 7.92. The fourth-order valence-corrected chi connectivity index (χ4v) is 5.32. The number of furan rings is 1. The van der Waals surface area contributed by atoms with Crippen LogP contribution >= 0.6 is 12.9 Å². The van der Waals surface area contributed by atoms with E-state index in [0.717, 1.165) is 39.1 Å². The van der Waals surface area contributed by atoms with Crippen LogP contribution in [0.4, 0.5) is 5.69 Å². The molecule has 0 fully saturated rings. The molecule has 2 N–H and O–H groups in total. The van der Waals surface area contributed by atoms with Crippen LogP contribution in [0.15, 0.2) is 108 Å². The number of anilines is 1. The molecule has 1 unspecified atom stereocenters. The van der Waals surface area contributed by atoms with E-state index in [0.29, 0.717) is 31.6 Å². The van der Waals surface area contributed by atoms with Crippen molar-refractivity contribution in [2.75, 3.05) is 18.5 Å². The molecule has 1 atom stereocenters. The maximum Gasteiger partial charge on any atom is 0.251 e. The van der Waals surface area contributed by atoms with Gasteiger partial charge >= 0.3 is 0 Å². The van der Waals surface area contributed by atoms with Gasteiger partial charge in [0.05, 0.1) is 6.61 Å². The van der Waals surface area contributed by atoms with E-state index in [2.05, 4.69) is 68.6 Å². The lowest BCUT2D eigenvalue weighted by Crippen LogP contribution is -2.26. The van der Waals surface area contributed by atoms with Gasteiger partial charge in [-0.25, -0.2) is 0 Å². The molecule has 6 nitrogen and oxygen atoms in total. The molecule has 1 aromatic heterocycles. The molecule has 5 rings (SSSR count). The highest BCUT2D eigenvalue weighted by molar-refractivity contribution is 7.75. The summed E-state index contributed by atoms with van der Waals surface area (Å²) in [4.78, 5) is 25.8. The number of carbonyl (C=O) groups is 2. The Bertz CT molecular complexity index is 1670. The molecule has 0 aliphatic carbocycles. The number of benzene rings is 4. The average Bonchev–Trinajstić information content (AvgIpc) is 3.46. The summed E-state index contributed by atoms with van der Waals surface area (Å²) in [6.07, 6.45) is 0.967. The van der Waals surface area contributed by atoms with Gasteiger partial charge in [0.2, 0.25) is 5.91 Å². The third-order valence-electron chi connectivity index (χ3n) is 7.74. The highest BCUT2D eigenvalue weighted by atomic mass is 32.1. The van der Waals surface area contributed by atoms with Gasteiger partial charge in [-0.1, -0.05) is 75.4 Å². The van der Waals surface area contributed by atoms with Crippen LogP contribution in [0.3, 0.4) is 0 Å². The van der Waals surface area contributed by atoms with Crippen LogP contribution in [0.5, 0.6) is 0 Å².